The Bertz CT molecular complexity index is 445. The summed E-state index contributed by atoms with van der Waals surface area (Å²) in [5, 5.41) is 13.9. The number of aliphatic hydroxyl groups excluding tert-OH is 1. The smallest absolute Gasteiger partial charge is 0.124 e. The summed E-state index contributed by atoms with van der Waals surface area (Å²) in [5.41, 5.74) is 0.786. The fraction of sp³-hybridized carbons (Fsp3) is 0.625. The Morgan fingerprint density at radius 2 is 2.00 bits per heavy atom. The van der Waals surface area contributed by atoms with E-state index in [0.29, 0.717) is 12.3 Å². The molecule has 1 aliphatic rings. The minimum absolute atomic E-state index is 0.108. The average molecular weight is 294 g/mol. The lowest BCUT2D eigenvalue weighted by Crippen LogP contribution is -2.45. The summed E-state index contributed by atoms with van der Waals surface area (Å²) < 4.78 is 11.1. The number of hydrogen-bond donors (Lipinski definition) is 2. The highest BCUT2D eigenvalue weighted by molar-refractivity contribution is 5.41. The summed E-state index contributed by atoms with van der Waals surface area (Å²) in [7, 11) is 1.62. The molecule has 1 saturated heterocycles. The van der Waals surface area contributed by atoms with Gasteiger partial charge in [-0.25, -0.2) is 0 Å². The second-order valence-corrected chi connectivity index (χ2v) is 5.64. The van der Waals surface area contributed by atoms with Gasteiger partial charge in [-0.15, -0.1) is 0 Å². The Morgan fingerprint density at radius 1 is 1.29 bits per heavy atom. The number of aliphatic hydroxyl groups is 1. The van der Waals surface area contributed by atoms with Gasteiger partial charge in [0.15, 0.2) is 0 Å². The summed E-state index contributed by atoms with van der Waals surface area (Å²) >= 11 is 0. The molecule has 0 bridgehead atoms. The van der Waals surface area contributed by atoms with Crippen LogP contribution in [0.25, 0.3) is 0 Å². The van der Waals surface area contributed by atoms with Gasteiger partial charge in [0, 0.05) is 38.3 Å². The van der Waals surface area contributed by atoms with E-state index in [-0.39, 0.29) is 6.10 Å². The first-order valence-electron chi connectivity index (χ1n) is 7.56. The van der Waals surface area contributed by atoms with Crippen LogP contribution in [0.15, 0.2) is 18.2 Å². The van der Waals surface area contributed by atoms with Crippen molar-refractivity contribution >= 4 is 0 Å². The second kappa shape index (κ2) is 7.64. The first-order chi connectivity index (χ1) is 10.1. The van der Waals surface area contributed by atoms with Gasteiger partial charge in [0.25, 0.3) is 0 Å². The van der Waals surface area contributed by atoms with E-state index >= 15 is 0 Å². The molecule has 0 radical (unpaired) electrons. The lowest BCUT2D eigenvalue weighted by atomic mass is 10.1. The molecule has 2 N–H and O–H groups in total. The van der Waals surface area contributed by atoms with Crippen LogP contribution in [0, 0.1) is 0 Å². The summed E-state index contributed by atoms with van der Waals surface area (Å²) in [5.74, 6) is 1.47. The molecular formula is C16H26N2O3. The number of hydrogen-bond acceptors (Lipinski definition) is 5. The van der Waals surface area contributed by atoms with Crippen molar-refractivity contribution in [1.29, 1.82) is 0 Å². The molecule has 1 aromatic rings. The monoisotopic (exact) mass is 294 g/mol. The highest BCUT2D eigenvalue weighted by atomic mass is 16.5. The van der Waals surface area contributed by atoms with Gasteiger partial charge in [-0.05, 0) is 32.0 Å². The molecule has 5 heteroatoms. The molecule has 1 aromatic carbocycles. The molecule has 0 saturated carbocycles. The molecular weight excluding hydrogens is 268 g/mol. The molecule has 0 amide bonds. The number of nitrogens with one attached hydrogen (secondary N) is 1. The van der Waals surface area contributed by atoms with Crippen LogP contribution in [-0.4, -0.2) is 55.9 Å². The van der Waals surface area contributed by atoms with E-state index in [1.807, 2.05) is 32.0 Å². The highest BCUT2D eigenvalue weighted by Gasteiger charge is 2.19. The summed E-state index contributed by atoms with van der Waals surface area (Å²) in [6, 6.07) is 5.61. The van der Waals surface area contributed by atoms with Crippen LogP contribution < -0.4 is 14.8 Å². The topological polar surface area (TPSA) is 54.0 Å². The first-order valence-corrected chi connectivity index (χ1v) is 7.56. The number of benzene rings is 1. The Kier molecular flexibility index (Phi) is 5.85. The van der Waals surface area contributed by atoms with Gasteiger partial charge in [0.1, 0.15) is 11.5 Å². The van der Waals surface area contributed by atoms with Crippen molar-refractivity contribution in [3.63, 3.8) is 0 Å². The zero-order valence-electron chi connectivity index (χ0n) is 13.1. The molecule has 2 rings (SSSR count). The number of nitrogens with zero attached hydrogens (tertiary/aromatic N) is 1. The van der Waals surface area contributed by atoms with Crippen LogP contribution in [0.4, 0.5) is 0 Å². The molecule has 1 fully saturated rings. The second-order valence-electron chi connectivity index (χ2n) is 5.64. The maximum atomic E-state index is 10.5. The van der Waals surface area contributed by atoms with Gasteiger partial charge in [-0.3, -0.25) is 4.90 Å². The predicted molar refractivity (Wildman–Crippen MR) is 83.0 cm³/mol. The van der Waals surface area contributed by atoms with Crippen molar-refractivity contribution in [2.75, 3.05) is 39.8 Å². The lowest BCUT2D eigenvalue weighted by Gasteiger charge is -2.29. The zero-order valence-corrected chi connectivity index (χ0v) is 13.1. The summed E-state index contributed by atoms with van der Waals surface area (Å²) in [6.45, 7) is 8.45. The third-order valence-corrected chi connectivity index (χ3v) is 3.57. The van der Waals surface area contributed by atoms with E-state index in [2.05, 4.69) is 10.2 Å². The molecule has 1 atom stereocenters. The molecule has 118 valence electrons. The van der Waals surface area contributed by atoms with E-state index < -0.39 is 6.10 Å². The normalized spacial score (nSPS) is 17.8. The predicted octanol–water partition coefficient (Wildman–Crippen LogP) is 1.42. The van der Waals surface area contributed by atoms with Gasteiger partial charge in [-0.1, -0.05) is 0 Å². The van der Waals surface area contributed by atoms with Crippen LogP contribution in [0.3, 0.4) is 0 Å². The molecule has 21 heavy (non-hydrogen) atoms. The maximum Gasteiger partial charge on any atom is 0.124 e. The van der Waals surface area contributed by atoms with Crippen LogP contribution in [0.5, 0.6) is 11.5 Å². The summed E-state index contributed by atoms with van der Waals surface area (Å²) in [4.78, 5) is 2.26. The van der Waals surface area contributed by atoms with Crippen molar-refractivity contribution in [3.05, 3.63) is 23.8 Å². The van der Waals surface area contributed by atoms with Gasteiger partial charge < -0.3 is 19.9 Å². The third-order valence-electron chi connectivity index (χ3n) is 3.57. The Hall–Kier alpha value is -1.30. The van der Waals surface area contributed by atoms with Gasteiger partial charge in [0.2, 0.25) is 0 Å². The Labute approximate surface area is 126 Å². The SMILES string of the molecule is COc1ccc(OC(C)C)cc1C(O)CN1CCNCC1. The third kappa shape index (κ3) is 4.59. The maximum absolute atomic E-state index is 10.5. The quantitative estimate of drug-likeness (QED) is 0.831. The Morgan fingerprint density at radius 3 is 2.62 bits per heavy atom. The van der Waals surface area contributed by atoms with Crippen molar-refractivity contribution in [1.82, 2.24) is 10.2 Å². The van der Waals surface area contributed by atoms with Crippen LogP contribution in [0.1, 0.15) is 25.5 Å². The van der Waals surface area contributed by atoms with Gasteiger partial charge >= 0.3 is 0 Å². The van der Waals surface area contributed by atoms with Crippen LogP contribution in [-0.2, 0) is 0 Å². The standard InChI is InChI=1S/C16H26N2O3/c1-12(2)21-13-4-5-16(20-3)14(10-13)15(19)11-18-8-6-17-7-9-18/h4-5,10,12,15,17,19H,6-9,11H2,1-3H3. The van der Waals surface area contributed by atoms with Gasteiger partial charge in [-0.2, -0.15) is 0 Å². The van der Waals surface area contributed by atoms with Crippen molar-refractivity contribution in [2.45, 2.75) is 26.1 Å². The molecule has 1 aliphatic heterocycles. The molecule has 1 heterocycles. The molecule has 0 aliphatic carbocycles. The van der Waals surface area contributed by atoms with Crippen molar-refractivity contribution < 1.29 is 14.6 Å². The minimum Gasteiger partial charge on any atom is -0.496 e. The fourth-order valence-corrected chi connectivity index (χ4v) is 2.55. The molecule has 0 aromatic heterocycles. The van der Waals surface area contributed by atoms with E-state index in [9.17, 15) is 5.11 Å². The van der Waals surface area contributed by atoms with E-state index in [1.54, 1.807) is 7.11 Å². The van der Waals surface area contributed by atoms with E-state index in [4.69, 9.17) is 9.47 Å². The summed E-state index contributed by atoms with van der Waals surface area (Å²) in [6.07, 6.45) is -0.467. The minimum atomic E-state index is -0.575. The zero-order chi connectivity index (χ0) is 15.2. The number of β-amino-alcohol motifs (C(OH)–C–C–N with tert-alkyl or cyclic N) is 1. The van der Waals surface area contributed by atoms with Crippen molar-refractivity contribution in [3.8, 4) is 11.5 Å². The largest absolute Gasteiger partial charge is 0.496 e. The number of rotatable bonds is 6. The van der Waals surface area contributed by atoms with Gasteiger partial charge in [0.05, 0.1) is 19.3 Å². The van der Waals surface area contributed by atoms with E-state index in [0.717, 1.165) is 37.5 Å². The molecule has 1 unspecified atom stereocenters. The van der Waals surface area contributed by atoms with Crippen LogP contribution >= 0.6 is 0 Å². The average Bonchev–Trinajstić information content (AvgIpc) is 2.47. The fourth-order valence-electron chi connectivity index (χ4n) is 2.55. The Balaban J connectivity index is 2.10. The number of ether oxygens (including phenoxy) is 2. The molecule has 0 spiro atoms. The number of methoxy groups -OCH3 is 1. The highest BCUT2D eigenvalue weighted by Crippen LogP contribution is 2.30. The number of piperazine rings is 1. The lowest BCUT2D eigenvalue weighted by molar-refractivity contribution is 0.103. The van der Waals surface area contributed by atoms with Crippen molar-refractivity contribution in [2.24, 2.45) is 0 Å². The first kappa shape index (κ1) is 16.1. The van der Waals surface area contributed by atoms with E-state index in [1.165, 1.54) is 0 Å². The van der Waals surface area contributed by atoms with Crippen LogP contribution in [0.2, 0.25) is 0 Å². The molecule has 5 nitrogen and oxygen atoms in total.